The Kier molecular flexibility index (Phi) is 4.37. The Labute approximate surface area is 159 Å². The van der Waals surface area contributed by atoms with Crippen LogP contribution >= 0.6 is 11.6 Å². The van der Waals surface area contributed by atoms with Crippen LogP contribution in [0.1, 0.15) is 11.3 Å². The second-order valence-electron chi connectivity index (χ2n) is 5.91. The van der Waals surface area contributed by atoms with Crippen LogP contribution in [0.25, 0.3) is 34.2 Å². The molecule has 0 radical (unpaired) electrons. The van der Waals surface area contributed by atoms with Gasteiger partial charge < -0.3 is 4.52 Å². The molecular formula is C19H13ClFN5O. The fourth-order valence-electron chi connectivity index (χ4n) is 2.67. The Balaban J connectivity index is 1.81. The summed E-state index contributed by atoms with van der Waals surface area (Å²) in [5.74, 6) is 0.0307. The van der Waals surface area contributed by atoms with Crippen LogP contribution in [0.2, 0.25) is 5.15 Å². The van der Waals surface area contributed by atoms with Crippen molar-refractivity contribution in [2.45, 2.75) is 13.8 Å². The Morgan fingerprint density at radius 3 is 2.63 bits per heavy atom. The molecular weight excluding hydrogens is 369 g/mol. The minimum absolute atomic E-state index is 0.204. The molecule has 0 N–H and O–H groups in total. The lowest BCUT2D eigenvalue weighted by molar-refractivity contribution is 0.430. The highest BCUT2D eigenvalue weighted by molar-refractivity contribution is 6.29. The molecule has 0 fully saturated rings. The number of halogens is 2. The second-order valence-corrected chi connectivity index (χ2v) is 6.30. The van der Waals surface area contributed by atoms with Gasteiger partial charge in [0.2, 0.25) is 5.82 Å². The first-order valence-corrected chi connectivity index (χ1v) is 8.46. The lowest BCUT2D eigenvalue weighted by Gasteiger charge is -2.09. The van der Waals surface area contributed by atoms with Gasteiger partial charge in [-0.3, -0.25) is 4.98 Å². The molecule has 4 heterocycles. The van der Waals surface area contributed by atoms with Gasteiger partial charge in [0.15, 0.2) is 5.82 Å². The molecule has 0 aliphatic heterocycles. The van der Waals surface area contributed by atoms with Crippen molar-refractivity contribution in [2.75, 3.05) is 0 Å². The summed E-state index contributed by atoms with van der Waals surface area (Å²) in [6.45, 7) is 3.48. The number of aryl methyl sites for hydroxylation is 2. The van der Waals surface area contributed by atoms with Crippen molar-refractivity contribution >= 4 is 11.6 Å². The van der Waals surface area contributed by atoms with Crippen molar-refractivity contribution in [1.29, 1.82) is 0 Å². The van der Waals surface area contributed by atoms with E-state index in [-0.39, 0.29) is 17.4 Å². The second kappa shape index (κ2) is 6.85. The van der Waals surface area contributed by atoms with Crippen molar-refractivity contribution in [1.82, 2.24) is 25.1 Å². The number of pyridine rings is 3. The van der Waals surface area contributed by atoms with Crippen molar-refractivity contribution in [3.63, 3.8) is 0 Å². The molecule has 0 spiro atoms. The van der Waals surface area contributed by atoms with Crippen molar-refractivity contribution in [2.24, 2.45) is 0 Å². The molecule has 0 aliphatic carbocycles. The van der Waals surface area contributed by atoms with Gasteiger partial charge in [-0.15, -0.1) is 0 Å². The maximum atomic E-state index is 14.7. The van der Waals surface area contributed by atoms with Crippen LogP contribution in [0.5, 0.6) is 0 Å². The zero-order chi connectivity index (χ0) is 19.0. The minimum atomic E-state index is -0.407. The normalized spacial score (nSPS) is 11.0. The average Bonchev–Trinajstić information content (AvgIpc) is 3.15. The lowest BCUT2D eigenvalue weighted by atomic mass is 10.0. The minimum Gasteiger partial charge on any atom is -0.332 e. The van der Waals surface area contributed by atoms with E-state index in [0.29, 0.717) is 27.7 Å². The third kappa shape index (κ3) is 3.29. The standard InChI is InChI=1S/C19H13ClFN5O/c1-10-6-7-22-9-13(10)12-8-15(23-11(2)17(12)21)18-25-19(27-26-18)14-4-3-5-16(20)24-14/h3-9H,1-2H3. The molecule has 27 heavy (non-hydrogen) atoms. The van der Waals surface area contributed by atoms with Gasteiger partial charge in [0.1, 0.15) is 16.5 Å². The largest absolute Gasteiger partial charge is 0.332 e. The topological polar surface area (TPSA) is 77.6 Å². The molecule has 0 atom stereocenters. The van der Waals surface area contributed by atoms with E-state index in [4.69, 9.17) is 16.1 Å². The molecule has 0 aromatic carbocycles. The first-order chi connectivity index (χ1) is 13.0. The molecule has 8 heteroatoms. The van der Waals surface area contributed by atoms with Crippen LogP contribution in [0.4, 0.5) is 4.39 Å². The van der Waals surface area contributed by atoms with Gasteiger partial charge in [0.05, 0.1) is 5.69 Å². The average molecular weight is 382 g/mol. The van der Waals surface area contributed by atoms with Gasteiger partial charge in [-0.2, -0.15) is 4.98 Å². The molecule has 0 amide bonds. The molecule has 4 aromatic rings. The van der Waals surface area contributed by atoms with Crippen LogP contribution in [0.3, 0.4) is 0 Å². The van der Waals surface area contributed by atoms with Gasteiger partial charge >= 0.3 is 0 Å². The summed E-state index contributed by atoms with van der Waals surface area (Å²) in [6, 6.07) is 8.50. The predicted molar refractivity (Wildman–Crippen MR) is 98.4 cm³/mol. The number of hydrogen-bond acceptors (Lipinski definition) is 6. The first kappa shape index (κ1) is 17.2. The SMILES string of the molecule is Cc1ccncc1-c1cc(-c2noc(-c3cccc(Cl)n3)n2)nc(C)c1F. The third-order valence-corrected chi connectivity index (χ3v) is 4.25. The summed E-state index contributed by atoms with van der Waals surface area (Å²) in [4.78, 5) is 16.8. The van der Waals surface area contributed by atoms with Crippen LogP contribution in [-0.4, -0.2) is 25.1 Å². The molecule has 0 aliphatic rings. The van der Waals surface area contributed by atoms with Gasteiger partial charge in [-0.1, -0.05) is 22.8 Å². The summed E-state index contributed by atoms with van der Waals surface area (Å²) < 4.78 is 20.0. The van der Waals surface area contributed by atoms with E-state index >= 15 is 0 Å². The highest BCUT2D eigenvalue weighted by atomic mass is 35.5. The summed E-state index contributed by atoms with van der Waals surface area (Å²) in [5, 5.41) is 4.27. The molecule has 6 nitrogen and oxygen atoms in total. The molecule has 4 aromatic heterocycles. The monoisotopic (exact) mass is 381 g/mol. The summed E-state index contributed by atoms with van der Waals surface area (Å²) in [6.07, 6.45) is 3.28. The summed E-state index contributed by atoms with van der Waals surface area (Å²) in [7, 11) is 0. The van der Waals surface area contributed by atoms with Crippen LogP contribution in [-0.2, 0) is 0 Å². The number of hydrogen-bond donors (Lipinski definition) is 0. The maximum absolute atomic E-state index is 14.7. The zero-order valence-corrected chi connectivity index (χ0v) is 15.2. The third-order valence-electron chi connectivity index (χ3n) is 4.04. The predicted octanol–water partition coefficient (Wildman–Crippen LogP) is 4.66. The Morgan fingerprint density at radius 1 is 1.00 bits per heavy atom. The molecule has 0 unspecified atom stereocenters. The van der Waals surface area contributed by atoms with Gasteiger partial charge in [0, 0.05) is 23.5 Å². The molecule has 134 valence electrons. The maximum Gasteiger partial charge on any atom is 0.276 e. The van der Waals surface area contributed by atoms with Crippen LogP contribution in [0, 0.1) is 19.7 Å². The van der Waals surface area contributed by atoms with E-state index in [2.05, 4.69) is 25.1 Å². The van der Waals surface area contributed by atoms with Crippen molar-refractivity contribution in [3.8, 4) is 34.2 Å². The van der Waals surface area contributed by atoms with E-state index in [0.717, 1.165) is 5.56 Å². The quantitative estimate of drug-likeness (QED) is 0.480. The van der Waals surface area contributed by atoms with Crippen molar-refractivity contribution in [3.05, 3.63) is 65.0 Å². The molecule has 0 bridgehead atoms. The van der Waals surface area contributed by atoms with E-state index in [9.17, 15) is 4.39 Å². The molecule has 4 rings (SSSR count). The van der Waals surface area contributed by atoms with Crippen LogP contribution in [0.15, 0.2) is 47.2 Å². The fraction of sp³-hybridized carbons (Fsp3) is 0.105. The van der Waals surface area contributed by atoms with Gasteiger partial charge in [-0.25, -0.2) is 14.4 Å². The highest BCUT2D eigenvalue weighted by Crippen LogP contribution is 2.30. The zero-order valence-electron chi connectivity index (χ0n) is 14.4. The highest BCUT2D eigenvalue weighted by Gasteiger charge is 2.18. The Morgan fingerprint density at radius 2 is 1.85 bits per heavy atom. The first-order valence-electron chi connectivity index (χ1n) is 8.08. The number of aromatic nitrogens is 5. The fourth-order valence-corrected chi connectivity index (χ4v) is 2.84. The molecule has 0 saturated carbocycles. The van der Waals surface area contributed by atoms with E-state index < -0.39 is 5.82 Å². The summed E-state index contributed by atoms with van der Waals surface area (Å²) >= 11 is 5.90. The number of rotatable bonds is 3. The Bertz CT molecular complexity index is 1140. The van der Waals surface area contributed by atoms with Gasteiger partial charge in [0.25, 0.3) is 5.89 Å². The van der Waals surface area contributed by atoms with Crippen LogP contribution < -0.4 is 0 Å². The Hall–Kier alpha value is -3.19. The van der Waals surface area contributed by atoms with E-state index in [1.165, 1.54) is 0 Å². The number of nitrogens with zero attached hydrogens (tertiary/aromatic N) is 5. The summed E-state index contributed by atoms with van der Waals surface area (Å²) in [5.41, 5.74) is 3.04. The lowest BCUT2D eigenvalue weighted by Crippen LogP contribution is -1.98. The van der Waals surface area contributed by atoms with Crippen molar-refractivity contribution < 1.29 is 8.91 Å². The molecule has 0 saturated heterocycles. The van der Waals surface area contributed by atoms with E-state index in [1.807, 2.05) is 13.0 Å². The van der Waals surface area contributed by atoms with E-state index in [1.54, 1.807) is 43.6 Å². The van der Waals surface area contributed by atoms with Gasteiger partial charge in [-0.05, 0) is 43.7 Å². The smallest absolute Gasteiger partial charge is 0.276 e.